The Morgan fingerprint density at radius 1 is 1.08 bits per heavy atom. The van der Waals surface area contributed by atoms with Gasteiger partial charge in [0.1, 0.15) is 5.75 Å². The predicted molar refractivity (Wildman–Crippen MR) is 96.5 cm³/mol. The molecule has 1 fully saturated rings. The number of amides is 4. The van der Waals surface area contributed by atoms with Crippen LogP contribution in [0.3, 0.4) is 0 Å². The first-order valence-corrected chi connectivity index (χ1v) is 11.6. The van der Waals surface area contributed by atoms with E-state index in [2.05, 4.69) is 53.5 Å². The summed E-state index contributed by atoms with van der Waals surface area (Å²) in [5.74, 6) is -0.150. The van der Waals surface area contributed by atoms with Gasteiger partial charge in [0.2, 0.25) is 12.6 Å². The second kappa shape index (κ2) is 6.68. The van der Waals surface area contributed by atoms with Crippen molar-refractivity contribution < 1.29 is 18.8 Å². The fourth-order valence-electron chi connectivity index (χ4n) is 2.87. The highest BCUT2D eigenvalue weighted by molar-refractivity contribution is 9.10. The molecule has 1 aliphatic heterocycles. The molecule has 1 aromatic rings. The summed E-state index contributed by atoms with van der Waals surface area (Å²) in [5.41, 5.74) is 0.431. The van der Waals surface area contributed by atoms with Gasteiger partial charge in [-0.25, -0.2) is 4.79 Å². The second-order valence-electron chi connectivity index (χ2n) is 6.88. The molecule has 1 aliphatic rings. The van der Waals surface area contributed by atoms with Gasteiger partial charge < -0.3 is 4.43 Å². The lowest BCUT2D eigenvalue weighted by Gasteiger charge is -2.29. The maximum Gasteiger partial charge on any atom is 0.328 e. The van der Waals surface area contributed by atoms with E-state index < -0.39 is 30.5 Å². The summed E-state index contributed by atoms with van der Waals surface area (Å²) in [6, 6.07) is 7.00. The fraction of sp³-hybridized carbons (Fsp3) is 0.438. The third-order valence-electron chi connectivity index (χ3n) is 3.63. The molecule has 24 heavy (non-hydrogen) atoms. The van der Waals surface area contributed by atoms with Gasteiger partial charge in [0.15, 0.2) is 0 Å². The van der Waals surface area contributed by atoms with Crippen LogP contribution in [-0.2, 0) is 13.9 Å². The van der Waals surface area contributed by atoms with Crippen molar-refractivity contribution in [2.45, 2.75) is 37.3 Å². The van der Waals surface area contributed by atoms with E-state index >= 15 is 0 Å². The maximum absolute atomic E-state index is 12.1. The first kappa shape index (κ1) is 18.7. The van der Waals surface area contributed by atoms with Crippen molar-refractivity contribution in [2.24, 2.45) is 5.92 Å². The van der Waals surface area contributed by atoms with Crippen LogP contribution in [-0.4, -0.2) is 26.2 Å². The van der Waals surface area contributed by atoms with Gasteiger partial charge in [-0.3, -0.25) is 20.2 Å². The lowest BCUT2D eigenvalue weighted by Crippen LogP contribution is -2.62. The Labute approximate surface area is 150 Å². The highest BCUT2D eigenvalue weighted by Gasteiger charge is 2.49. The van der Waals surface area contributed by atoms with E-state index in [1.54, 1.807) is 24.3 Å². The number of benzene rings is 1. The Morgan fingerprint density at radius 2 is 1.58 bits per heavy atom. The van der Waals surface area contributed by atoms with Crippen LogP contribution in [0.1, 0.15) is 19.4 Å². The van der Waals surface area contributed by atoms with E-state index in [1.165, 1.54) is 0 Å². The summed E-state index contributed by atoms with van der Waals surface area (Å²) in [7, 11) is -1.83. The molecule has 1 heterocycles. The number of rotatable bonds is 5. The minimum Gasteiger partial charge on any atom is -0.544 e. The van der Waals surface area contributed by atoms with Crippen molar-refractivity contribution in [2.75, 3.05) is 0 Å². The predicted octanol–water partition coefficient (Wildman–Crippen LogP) is 2.88. The van der Waals surface area contributed by atoms with Crippen LogP contribution in [0.2, 0.25) is 19.1 Å². The zero-order chi connectivity index (χ0) is 18.1. The molecule has 0 spiro atoms. The molecule has 2 rings (SSSR count). The van der Waals surface area contributed by atoms with Crippen LogP contribution in [0.5, 0.6) is 5.75 Å². The maximum atomic E-state index is 12.1. The molecule has 2 N–H and O–H groups in total. The van der Waals surface area contributed by atoms with E-state index in [0.717, 1.165) is 6.04 Å². The lowest BCUT2D eigenvalue weighted by molar-refractivity contribution is -0.133. The summed E-state index contributed by atoms with van der Waals surface area (Å²) in [6.45, 7) is 8.63. The van der Waals surface area contributed by atoms with E-state index in [-0.39, 0.29) is 0 Å². The van der Waals surface area contributed by atoms with Crippen molar-refractivity contribution in [1.29, 1.82) is 0 Å². The average molecular weight is 413 g/mol. The molecule has 0 bridgehead atoms. The van der Waals surface area contributed by atoms with E-state index in [9.17, 15) is 14.4 Å². The van der Waals surface area contributed by atoms with Crippen molar-refractivity contribution in [3.8, 4) is 5.75 Å². The number of imide groups is 2. The molecule has 1 aromatic carbocycles. The zero-order valence-corrected chi connectivity index (χ0v) is 16.7. The topological polar surface area (TPSA) is 84.5 Å². The monoisotopic (exact) mass is 412 g/mol. The van der Waals surface area contributed by atoms with Crippen LogP contribution in [0.25, 0.3) is 0 Å². The van der Waals surface area contributed by atoms with Crippen molar-refractivity contribution >= 4 is 42.1 Å². The minimum absolute atomic E-state index is 0.431. The molecule has 130 valence electrons. The Kier molecular flexibility index (Phi) is 5.19. The average Bonchev–Trinajstić information content (AvgIpc) is 2.43. The van der Waals surface area contributed by atoms with Crippen LogP contribution in [0, 0.1) is 5.92 Å². The molecule has 1 saturated heterocycles. The normalized spacial score (nSPS) is 17.5. The quantitative estimate of drug-likeness (QED) is 0.442. The van der Waals surface area contributed by atoms with Gasteiger partial charge in [-0.15, -0.1) is 0 Å². The number of nitrogens with one attached hydrogen (secondary N) is 2. The molecule has 6 nitrogen and oxygen atoms in total. The molecule has 0 aliphatic carbocycles. The fourth-order valence-corrected chi connectivity index (χ4v) is 6.16. The number of carbonyl (C=O) groups is 3. The Bertz CT molecular complexity index is 653. The van der Waals surface area contributed by atoms with Crippen LogP contribution in [0.15, 0.2) is 24.3 Å². The number of barbiturate groups is 1. The zero-order valence-electron chi connectivity index (χ0n) is 14.1. The molecule has 4 amide bonds. The molecular weight excluding hydrogens is 392 g/mol. The highest BCUT2D eigenvalue weighted by atomic mass is 79.9. The SMILES string of the molecule is CC(C)C[Si](C)(C)Oc1ccc(C2(Br)C(=O)NC(=O)NC2=O)cc1. The first-order chi connectivity index (χ1) is 11.0. The summed E-state index contributed by atoms with van der Waals surface area (Å²) < 4.78 is 4.51. The lowest BCUT2D eigenvalue weighted by atomic mass is 9.95. The number of alkyl halides is 1. The third-order valence-corrected chi connectivity index (χ3v) is 7.39. The van der Waals surface area contributed by atoms with Crippen molar-refractivity contribution in [3.05, 3.63) is 29.8 Å². The van der Waals surface area contributed by atoms with Gasteiger partial charge in [0, 0.05) is 0 Å². The molecule has 0 saturated carbocycles. The number of halogens is 1. The minimum atomic E-state index is -1.83. The van der Waals surface area contributed by atoms with Gasteiger partial charge in [-0.1, -0.05) is 41.9 Å². The van der Waals surface area contributed by atoms with Crippen LogP contribution in [0.4, 0.5) is 4.79 Å². The number of hydrogen-bond acceptors (Lipinski definition) is 4. The second-order valence-corrected chi connectivity index (χ2v) is 12.2. The van der Waals surface area contributed by atoms with Gasteiger partial charge in [0.25, 0.3) is 11.8 Å². The molecule has 0 radical (unpaired) electrons. The van der Waals surface area contributed by atoms with Gasteiger partial charge >= 0.3 is 6.03 Å². The molecular formula is C16H21BrN2O4Si. The van der Waals surface area contributed by atoms with Crippen molar-refractivity contribution in [1.82, 2.24) is 10.6 Å². The Balaban J connectivity index is 2.21. The van der Waals surface area contributed by atoms with E-state index in [4.69, 9.17) is 4.43 Å². The van der Waals surface area contributed by atoms with Crippen molar-refractivity contribution in [3.63, 3.8) is 0 Å². The molecule has 0 unspecified atom stereocenters. The number of hydrogen-bond donors (Lipinski definition) is 2. The third kappa shape index (κ3) is 3.86. The number of carbonyl (C=O) groups excluding carboxylic acids is 3. The smallest absolute Gasteiger partial charge is 0.328 e. The van der Waals surface area contributed by atoms with Gasteiger partial charge in [-0.05, 0) is 42.8 Å². The van der Waals surface area contributed by atoms with E-state index in [1.807, 2.05) is 0 Å². The van der Waals surface area contributed by atoms with Gasteiger partial charge in [0.05, 0.1) is 0 Å². The summed E-state index contributed by atoms with van der Waals surface area (Å²) in [5, 5.41) is 4.18. The van der Waals surface area contributed by atoms with Crippen LogP contribution < -0.4 is 15.1 Å². The summed E-state index contributed by atoms with van der Waals surface area (Å²) in [6.07, 6.45) is 0. The Morgan fingerprint density at radius 3 is 2.04 bits per heavy atom. The van der Waals surface area contributed by atoms with E-state index in [0.29, 0.717) is 17.2 Å². The molecule has 0 atom stereocenters. The largest absolute Gasteiger partial charge is 0.544 e. The highest BCUT2D eigenvalue weighted by Crippen LogP contribution is 2.35. The number of urea groups is 1. The summed E-state index contributed by atoms with van der Waals surface area (Å²) >= 11 is 3.17. The standard InChI is InChI=1S/C16H21BrN2O4Si/c1-10(2)9-24(3,4)23-12-7-5-11(6-8-12)16(17)13(20)18-15(22)19-14(16)21/h5-8,10H,9H2,1-4H3,(H2,18,19,20,21,22). The first-order valence-electron chi connectivity index (χ1n) is 7.70. The van der Waals surface area contributed by atoms with Crippen LogP contribution >= 0.6 is 15.9 Å². The molecule has 0 aromatic heterocycles. The van der Waals surface area contributed by atoms with Gasteiger partial charge in [-0.2, -0.15) is 0 Å². The molecule has 8 heteroatoms. The summed E-state index contributed by atoms with van der Waals surface area (Å²) in [4.78, 5) is 35.4. The Hall–Kier alpha value is -1.67.